The van der Waals surface area contributed by atoms with Crippen molar-refractivity contribution in [2.24, 2.45) is 0 Å². The number of likely N-dealkylation sites (tertiary alicyclic amines) is 1. The largest absolute Gasteiger partial charge is 0.478 e. The standard InChI is InChI=1S/C16H18N2O3/c19-14(18-7-2-1-3-8-18)9-11-5-4-6-13-15(11)12(10-17-13)16(20)21/h4-6,10,17H,1-3,7-9H2,(H,20,21). The molecule has 2 N–H and O–H groups in total. The lowest BCUT2D eigenvalue weighted by atomic mass is 10.0. The predicted octanol–water partition coefficient (Wildman–Crippen LogP) is 2.42. The van der Waals surface area contributed by atoms with Crippen LogP contribution in [-0.2, 0) is 11.2 Å². The summed E-state index contributed by atoms with van der Waals surface area (Å²) in [4.78, 5) is 28.5. The molecule has 2 aromatic rings. The molecule has 0 saturated carbocycles. The van der Waals surface area contributed by atoms with Gasteiger partial charge in [0.05, 0.1) is 12.0 Å². The number of carboxylic acid groups (broad SMARTS) is 1. The zero-order valence-electron chi connectivity index (χ0n) is 11.8. The van der Waals surface area contributed by atoms with Crippen LogP contribution in [0.4, 0.5) is 0 Å². The monoisotopic (exact) mass is 286 g/mol. The van der Waals surface area contributed by atoms with Gasteiger partial charge in [0.1, 0.15) is 0 Å². The SMILES string of the molecule is O=C(O)c1c[nH]c2cccc(CC(=O)N3CCCCC3)c12. The second-order valence-corrected chi connectivity index (χ2v) is 5.47. The van der Waals surface area contributed by atoms with E-state index in [1.54, 1.807) is 0 Å². The molecule has 0 bridgehead atoms. The van der Waals surface area contributed by atoms with E-state index in [-0.39, 0.29) is 17.9 Å². The van der Waals surface area contributed by atoms with Crippen molar-refractivity contribution < 1.29 is 14.7 Å². The van der Waals surface area contributed by atoms with Crippen LogP contribution in [0.1, 0.15) is 35.2 Å². The number of piperidine rings is 1. The van der Waals surface area contributed by atoms with Gasteiger partial charge in [0.25, 0.3) is 0 Å². The van der Waals surface area contributed by atoms with Crippen molar-refractivity contribution in [1.82, 2.24) is 9.88 Å². The second kappa shape index (κ2) is 5.60. The van der Waals surface area contributed by atoms with Gasteiger partial charge in [-0.25, -0.2) is 4.79 Å². The lowest BCUT2D eigenvalue weighted by Gasteiger charge is -2.26. The van der Waals surface area contributed by atoms with E-state index in [9.17, 15) is 14.7 Å². The first kappa shape index (κ1) is 13.7. The van der Waals surface area contributed by atoms with Crippen molar-refractivity contribution in [3.63, 3.8) is 0 Å². The number of carbonyl (C=O) groups is 2. The Kier molecular flexibility index (Phi) is 3.64. The van der Waals surface area contributed by atoms with Crippen LogP contribution in [0.25, 0.3) is 10.9 Å². The number of benzene rings is 1. The van der Waals surface area contributed by atoms with Crippen LogP contribution in [0.15, 0.2) is 24.4 Å². The number of aromatic carboxylic acids is 1. The van der Waals surface area contributed by atoms with E-state index in [0.717, 1.165) is 37.0 Å². The number of fused-ring (bicyclic) bond motifs is 1. The first-order chi connectivity index (χ1) is 10.2. The second-order valence-electron chi connectivity index (χ2n) is 5.47. The molecule has 0 atom stereocenters. The molecular formula is C16H18N2O3. The molecule has 5 nitrogen and oxygen atoms in total. The van der Waals surface area contributed by atoms with Crippen molar-refractivity contribution in [3.05, 3.63) is 35.5 Å². The highest BCUT2D eigenvalue weighted by Crippen LogP contribution is 2.24. The van der Waals surface area contributed by atoms with Crippen molar-refractivity contribution in [2.45, 2.75) is 25.7 Å². The molecule has 3 rings (SSSR count). The average Bonchev–Trinajstić information content (AvgIpc) is 2.93. The zero-order chi connectivity index (χ0) is 14.8. The number of aromatic amines is 1. The van der Waals surface area contributed by atoms with Crippen molar-refractivity contribution in [3.8, 4) is 0 Å². The summed E-state index contributed by atoms with van der Waals surface area (Å²) in [5.41, 5.74) is 1.77. The lowest BCUT2D eigenvalue weighted by molar-refractivity contribution is -0.131. The Morgan fingerprint density at radius 1 is 1.19 bits per heavy atom. The number of nitrogens with zero attached hydrogens (tertiary/aromatic N) is 1. The third-order valence-electron chi connectivity index (χ3n) is 4.07. The van der Waals surface area contributed by atoms with E-state index in [1.807, 2.05) is 23.1 Å². The molecule has 2 heterocycles. The van der Waals surface area contributed by atoms with E-state index in [2.05, 4.69) is 4.98 Å². The van der Waals surface area contributed by atoms with Crippen LogP contribution >= 0.6 is 0 Å². The number of rotatable bonds is 3. The van der Waals surface area contributed by atoms with Gasteiger partial charge in [-0.05, 0) is 30.9 Å². The summed E-state index contributed by atoms with van der Waals surface area (Å²) in [5, 5.41) is 9.91. The highest BCUT2D eigenvalue weighted by Gasteiger charge is 2.20. The van der Waals surface area contributed by atoms with Gasteiger partial charge in [-0.3, -0.25) is 4.79 Å². The van der Waals surface area contributed by atoms with E-state index < -0.39 is 5.97 Å². The fourth-order valence-corrected chi connectivity index (χ4v) is 2.99. The van der Waals surface area contributed by atoms with Crippen molar-refractivity contribution >= 4 is 22.8 Å². The third kappa shape index (κ3) is 2.63. The molecule has 1 aliphatic heterocycles. The lowest BCUT2D eigenvalue weighted by Crippen LogP contribution is -2.36. The molecule has 1 saturated heterocycles. The molecular weight excluding hydrogens is 268 g/mol. The number of carboxylic acids is 1. The normalized spacial score (nSPS) is 15.3. The maximum absolute atomic E-state index is 12.4. The minimum Gasteiger partial charge on any atom is -0.478 e. The van der Waals surface area contributed by atoms with Crippen LogP contribution in [0.3, 0.4) is 0 Å². The van der Waals surface area contributed by atoms with E-state index in [0.29, 0.717) is 5.39 Å². The first-order valence-corrected chi connectivity index (χ1v) is 7.27. The highest BCUT2D eigenvalue weighted by atomic mass is 16.4. The maximum atomic E-state index is 12.4. The van der Waals surface area contributed by atoms with Gasteiger partial charge in [-0.2, -0.15) is 0 Å². The van der Waals surface area contributed by atoms with E-state index >= 15 is 0 Å². The van der Waals surface area contributed by atoms with Gasteiger partial charge in [-0.15, -0.1) is 0 Å². The Morgan fingerprint density at radius 2 is 1.95 bits per heavy atom. The summed E-state index contributed by atoms with van der Waals surface area (Å²) in [6.07, 6.45) is 5.04. The number of hydrogen-bond acceptors (Lipinski definition) is 2. The summed E-state index contributed by atoms with van der Waals surface area (Å²) >= 11 is 0. The molecule has 1 aliphatic rings. The van der Waals surface area contributed by atoms with Crippen LogP contribution in [0.5, 0.6) is 0 Å². The number of hydrogen-bond donors (Lipinski definition) is 2. The fraction of sp³-hybridized carbons (Fsp3) is 0.375. The summed E-state index contributed by atoms with van der Waals surface area (Å²) in [6.45, 7) is 1.63. The zero-order valence-corrected chi connectivity index (χ0v) is 11.8. The molecule has 0 unspecified atom stereocenters. The van der Waals surface area contributed by atoms with Crippen LogP contribution in [-0.4, -0.2) is 40.0 Å². The molecule has 5 heteroatoms. The molecule has 0 spiro atoms. The minimum atomic E-state index is -0.973. The first-order valence-electron chi connectivity index (χ1n) is 7.27. The van der Waals surface area contributed by atoms with Gasteiger partial charge >= 0.3 is 5.97 Å². The molecule has 1 fully saturated rings. The van der Waals surface area contributed by atoms with Gasteiger partial charge in [0.2, 0.25) is 5.91 Å². The number of nitrogens with one attached hydrogen (secondary N) is 1. The quantitative estimate of drug-likeness (QED) is 0.910. The Labute approximate surface area is 122 Å². The molecule has 110 valence electrons. The Hall–Kier alpha value is -2.30. The number of H-pyrrole nitrogens is 1. The Balaban J connectivity index is 1.91. The van der Waals surface area contributed by atoms with Gasteiger partial charge in [0, 0.05) is 30.2 Å². The molecule has 21 heavy (non-hydrogen) atoms. The van der Waals surface area contributed by atoms with Gasteiger partial charge in [0.15, 0.2) is 0 Å². The molecule has 1 amide bonds. The molecule has 1 aromatic heterocycles. The summed E-state index contributed by atoms with van der Waals surface area (Å²) in [5.74, 6) is -0.890. The van der Waals surface area contributed by atoms with Gasteiger partial charge < -0.3 is 15.0 Å². The average molecular weight is 286 g/mol. The third-order valence-corrected chi connectivity index (χ3v) is 4.07. The van der Waals surface area contributed by atoms with E-state index in [1.165, 1.54) is 12.6 Å². The molecule has 1 aromatic carbocycles. The predicted molar refractivity (Wildman–Crippen MR) is 79.4 cm³/mol. The molecule has 0 radical (unpaired) electrons. The minimum absolute atomic E-state index is 0.0831. The fourth-order valence-electron chi connectivity index (χ4n) is 2.99. The summed E-state index contributed by atoms with van der Waals surface area (Å²) in [6, 6.07) is 5.52. The summed E-state index contributed by atoms with van der Waals surface area (Å²) < 4.78 is 0. The van der Waals surface area contributed by atoms with Crippen LogP contribution in [0.2, 0.25) is 0 Å². The molecule has 0 aliphatic carbocycles. The van der Waals surface area contributed by atoms with Crippen LogP contribution < -0.4 is 0 Å². The summed E-state index contributed by atoms with van der Waals surface area (Å²) in [7, 11) is 0. The van der Waals surface area contributed by atoms with Crippen molar-refractivity contribution in [1.29, 1.82) is 0 Å². The van der Waals surface area contributed by atoms with Crippen LogP contribution in [0, 0.1) is 0 Å². The number of aromatic nitrogens is 1. The van der Waals surface area contributed by atoms with Crippen molar-refractivity contribution in [2.75, 3.05) is 13.1 Å². The number of carbonyl (C=O) groups excluding carboxylic acids is 1. The highest BCUT2D eigenvalue weighted by molar-refractivity contribution is 6.05. The Morgan fingerprint density at radius 3 is 2.67 bits per heavy atom. The topological polar surface area (TPSA) is 73.4 Å². The number of amides is 1. The Bertz CT molecular complexity index is 684. The maximum Gasteiger partial charge on any atom is 0.337 e. The van der Waals surface area contributed by atoms with Gasteiger partial charge in [-0.1, -0.05) is 12.1 Å². The van der Waals surface area contributed by atoms with E-state index in [4.69, 9.17) is 0 Å². The smallest absolute Gasteiger partial charge is 0.337 e.